The van der Waals surface area contributed by atoms with Crippen LogP contribution in [0.5, 0.6) is 0 Å². The van der Waals surface area contributed by atoms with E-state index in [0.29, 0.717) is 5.95 Å². The molecule has 0 aliphatic rings. The first-order valence-corrected chi connectivity index (χ1v) is 7.41. The van der Waals surface area contributed by atoms with E-state index in [0.717, 1.165) is 21.0 Å². The summed E-state index contributed by atoms with van der Waals surface area (Å²) in [4.78, 5) is 14.2. The summed E-state index contributed by atoms with van der Waals surface area (Å²) < 4.78 is 0. The fourth-order valence-electron chi connectivity index (χ4n) is 1.28. The molecule has 0 bridgehead atoms. The van der Waals surface area contributed by atoms with Gasteiger partial charge in [0.2, 0.25) is 5.95 Å². The zero-order valence-corrected chi connectivity index (χ0v) is 11.9. The van der Waals surface area contributed by atoms with Crippen molar-refractivity contribution in [3.05, 3.63) is 30.3 Å². The maximum Gasteiger partial charge on any atom is 0.227 e. The molecule has 0 saturated heterocycles. The van der Waals surface area contributed by atoms with Crippen LogP contribution in [0.2, 0.25) is 0 Å². The van der Waals surface area contributed by atoms with Gasteiger partial charge in [0.25, 0.3) is 0 Å². The molecule has 4 nitrogen and oxygen atoms in total. The van der Waals surface area contributed by atoms with E-state index in [2.05, 4.69) is 27.2 Å². The second kappa shape index (κ2) is 6.61. The van der Waals surface area contributed by atoms with Gasteiger partial charge in [0.1, 0.15) is 0 Å². The number of thioether (sulfide) groups is 1. The smallest absolute Gasteiger partial charge is 0.227 e. The lowest BCUT2D eigenvalue weighted by Crippen LogP contribution is -2.01. The molecule has 0 aliphatic carbocycles. The van der Waals surface area contributed by atoms with Crippen LogP contribution in [0.15, 0.2) is 45.5 Å². The molecule has 0 saturated carbocycles. The van der Waals surface area contributed by atoms with E-state index >= 15 is 0 Å². The Hall–Kier alpha value is -1.27. The molecule has 94 valence electrons. The summed E-state index contributed by atoms with van der Waals surface area (Å²) in [5.41, 5.74) is 0. The molecule has 1 aromatic carbocycles. The molecule has 1 aromatic heterocycles. The highest BCUT2D eigenvalue weighted by Crippen LogP contribution is 2.26. The molecule has 0 fully saturated rings. The molecule has 2 aromatic rings. The number of hydrogen-bond acceptors (Lipinski definition) is 6. The van der Waals surface area contributed by atoms with E-state index in [1.54, 1.807) is 23.5 Å². The number of aromatic nitrogens is 3. The average Bonchev–Trinajstić information content (AvgIpc) is 2.40. The Bertz CT molecular complexity index is 505. The molecule has 6 heteroatoms. The Morgan fingerprint density at radius 3 is 2.44 bits per heavy atom. The van der Waals surface area contributed by atoms with Gasteiger partial charge in [0.05, 0.1) is 0 Å². The third kappa shape index (κ3) is 3.61. The van der Waals surface area contributed by atoms with E-state index < -0.39 is 0 Å². The Balaban J connectivity index is 2.24. The SMILES string of the molecule is CCSc1nc(NC)nc(Sc2ccccc2)n1. The first-order valence-electron chi connectivity index (χ1n) is 5.61. The van der Waals surface area contributed by atoms with Crippen molar-refractivity contribution in [2.45, 2.75) is 22.1 Å². The van der Waals surface area contributed by atoms with Gasteiger partial charge in [0, 0.05) is 11.9 Å². The minimum Gasteiger partial charge on any atom is -0.357 e. The molecule has 0 atom stereocenters. The average molecular weight is 278 g/mol. The lowest BCUT2D eigenvalue weighted by molar-refractivity contribution is 0.808. The van der Waals surface area contributed by atoms with Crippen LogP contribution < -0.4 is 5.32 Å². The normalized spacial score (nSPS) is 10.3. The van der Waals surface area contributed by atoms with Crippen LogP contribution in [0, 0.1) is 0 Å². The predicted molar refractivity (Wildman–Crippen MR) is 76.3 cm³/mol. The Kier molecular flexibility index (Phi) is 4.83. The summed E-state index contributed by atoms with van der Waals surface area (Å²) >= 11 is 3.16. The topological polar surface area (TPSA) is 50.7 Å². The van der Waals surface area contributed by atoms with Crippen molar-refractivity contribution in [1.29, 1.82) is 0 Å². The third-order valence-electron chi connectivity index (χ3n) is 2.04. The molecule has 1 heterocycles. The summed E-state index contributed by atoms with van der Waals surface area (Å²) in [6.45, 7) is 2.08. The summed E-state index contributed by atoms with van der Waals surface area (Å²) in [6.07, 6.45) is 0. The van der Waals surface area contributed by atoms with Crippen LogP contribution in [0.4, 0.5) is 5.95 Å². The fraction of sp³-hybridized carbons (Fsp3) is 0.250. The molecular formula is C12H14N4S2. The van der Waals surface area contributed by atoms with Crippen molar-refractivity contribution in [2.24, 2.45) is 0 Å². The Morgan fingerprint density at radius 1 is 1.06 bits per heavy atom. The van der Waals surface area contributed by atoms with E-state index in [4.69, 9.17) is 0 Å². The molecule has 0 amide bonds. The molecule has 0 aliphatic heterocycles. The van der Waals surface area contributed by atoms with Crippen LogP contribution in [-0.2, 0) is 0 Å². The summed E-state index contributed by atoms with van der Waals surface area (Å²) in [6, 6.07) is 10.1. The highest BCUT2D eigenvalue weighted by Gasteiger charge is 2.07. The van der Waals surface area contributed by atoms with Crippen molar-refractivity contribution in [3.8, 4) is 0 Å². The number of rotatable bonds is 5. The first kappa shape index (κ1) is 13.2. The van der Waals surface area contributed by atoms with E-state index in [-0.39, 0.29) is 0 Å². The highest BCUT2D eigenvalue weighted by molar-refractivity contribution is 7.99. The van der Waals surface area contributed by atoms with Crippen LogP contribution in [0.1, 0.15) is 6.92 Å². The second-order valence-electron chi connectivity index (χ2n) is 3.32. The van der Waals surface area contributed by atoms with Crippen molar-refractivity contribution < 1.29 is 0 Å². The molecule has 2 rings (SSSR count). The van der Waals surface area contributed by atoms with Gasteiger partial charge >= 0.3 is 0 Å². The lowest BCUT2D eigenvalue weighted by atomic mass is 10.4. The fourth-order valence-corrected chi connectivity index (χ4v) is 2.67. The van der Waals surface area contributed by atoms with Gasteiger partial charge in [-0.05, 0) is 29.6 Å². The second-order valence-corrected chi connectivity index (χ2v) is 5.59. The minimum atomic E-state index is 0.611. The van der Waals surface area contributed by atoms with Crippen molar-refractivity contribution in [3.63, 3.8) is 0 Å². The van der Waals surface area contributed by atoms with E-state index in [1.807, 2.05) is 37.4 Å². The number of nitrogens with zero attached hydrogens (tertiary/aromatic N) is 3. The van der Waals surface area contributed by atoms with Crippen LogP contribution in [0.3, 0.4) is 0 Å². The maximum absolute atomic E-state index is 4.43. The molecule has 18 heavy (non-hydrogen) atoms. The van der Waals surface area contributed by atoms with Gasteiger partial charge in [0.15, 0.2) is 10.3 Å². The Labute approximate surface area is 115 Å². The highest BCUT2D eigenvalue weighted by atomic mass is 32.2. The Morgan fingerprint density at radius 2 is 1.78 bits per heavy atom. The number of anilines is 1. The van der Waals surface area contributed by atoms with E-state index in [9.17, 15) is 0 Å². The molecule has 0 spiro atoms. The van der Waals surface area contributed by atoms with Crippen molar-refractivity contribution in [1.82, 2.24) is 15.0 Å². The summed E-state index contributed by atoms with van der Waals surface area (Å²) in [5.74, 6) is 1.56. The van der Waals surface area contributed by atoms with Gasteiger partial charge < -0.3 is 5.32 Å². The monoisotopic (exact) mass is 278 g/mol. The quantitative estimate of drug-likeness (QED) is 0.848. The van der Waals surface area contributed by atoms with Gasteiger partial charge in [-0.25, -0.2) is 0 Å². The van der Waals surface area contributed by atoms with Crippen LogP contribution >= 0.6 is 23.5 Å². The summed E-state index contributed by atoms with van der Waals surface area (Å²) in [5, 5.41) is 4.44. The van der Waals surface area contributed by atoms with Crippen molar-refractivity contribution in [2.75, 3.05) is 18.1 Å². The lowest BCUT2D eigenvalue weighted by Gasteiger charge is -2.05. The summed E-state index contributed by atoms with van der Waals surface area (Å²) in [7, 11) is 1.81. The standard InChI is InChI=1S/C12H14N4S2/c1-3-17-11-14-10(13-2)15-12(16-11)18-9-7-5-4-6-8-9/h4-8H,3H2,1-2H3,(H,13,14,15,16). The maximum atomic E-state index is 4.43. The minimum absolute atomic E-state index is 0.611. The van der Waals surface area contributed by atoms with Crippen LogP contribution in [0.25, 0.3) is 0 Å². The number of benzene rings is 1. The van der Waals surface area contributed by atoms with Gasteiger partial charge in [-0.1, -0.05) is 36.9 Å². The molecule has 0 radical (unpaired) electrons. The zero-order valence-electron chi connectivity index (χ0n) is 10.3. The number of nitrogens with one attached hydrogen (secondary N) is 1. The third-order valence-corrected chi connectivity index (χ3v) is 3.65. The predicted octanol–water partition coefficient (Wildman–Crippen LogP) is 3.18. The van der Waals surface area contributed by atoms with Crippen LogP contribution in [-0.4, -0.2) is 27.8 Å². The van der Waals surface area contributed by atoms with Gasteiger partial charge in [-0.15, -0.1) is 0 Å². The molecular weight excluding hydrogens is 264 g/mol. The van der Waals surface area contributed by atoms with Gasteiger partial charge in [-0.3, -0.25) is 0 Å². The van der Waals surface area contributed by atoms with Gasteiger partial charge in [-0.2, -0.15) is 15.0 Å². The molecule has 1 N–H and O–H groups in total. The van der Waals surface area contributed by atoms with E-state index in [1.165, 1.54) is 0 Å². The van der Waals surface area contributed by atoms with Crippen molar-refractivity contribution >= 4 is 29.5 Å². The first-order chi connectivity index (χ1) is 8.81. The molecule has 0 unspecified atom stereocenters. The largest absolute Gasteiger partial charge is 0.357 e. The zero-order chi connectivity index (χ0) is 12.8. The number of hydrogen-bond donors (Lipinski definition) is 1.